The van der Waals surface area contributed by atoms with Crippen LogP contribution in [0.1, 0.15) is 10.6 Å². The van der Waals surface area contributed by atoms with Gasteiger partial charge in [0.1, 0.15) is 16.6 Å². The summed E-state index contributed by atoms with van der Waals surface area (Å²) in [6.07, 6.45) is 0. The van der Waals surface area contributed by atoms with Crippen molar-refractivity contribution in [3.63, 3.8) is 0 Å². The maximum atomic E-state index is 12.1. The summed E-state index contributed by atoms with van der Waals surface area (Å²) in [5, 5.41) is 3.21. The number of benzene rings is 1. The van der Waals surface area contributed by atoms with E-state index in [9.17, 15) is 9.59 Å². The number of carbonyl (C=O) groups is 1. The fraction of sp³-hybridized carbons (Fsp3) is 0. The average Bonchev–Trinajstić information content (AvgIpc) is 2.47. The van der Waals surface area contributed by atoms with Crippen LogP contribution in [0, 0.1) is 0 Å². The average molecular weight is 301 g/mol. The largest absolute Gasteiger partial charge is 0.451 e. The number of nitrogens with one attached hydrogen (secondary N) is 1. The lowest BCUT2D eigenvalue weighted by molar-refractivity contribution is 0.0997. The first-order valence-electron chi connectivity index (χ1n) is 6.10. The molecule has 0 unspecified atom stereocenters. The highest BCUT2D eigenvalue weighted by atomic mass is 35.5. The molecule has 21 heavy (non-hydrogen) atoms. The molecule has 0 aliphatic carbocycles. The van der Waals surface area contributed by atoms with Crippen LogP contribution < -0.4 is 10.7 Å². The summed E-state index contributed by atoms with van der Waals surface area (Å²) in [6.45, 7) is 0. The molecule has 0 aliphatic rings. The topological polar surface area (TPSA) is 72.2 Å². The molecule has 6 heteroatoms. The zero-order valence-corrected chi connectivity index (χ0v) is 11.4. The van der Waals surface area contributed by atoms with Gasteiger partial charge in [-0.3, -0.25) is 9.59 Å². The summed E-state index contributed by atoms with van der Waals surface area (Å²) in [7, 11) is 0. The summed E-state index contributed by atoms with van der Waals surface area (Å²) >= 11 is 5.74. The molecule has 2 aromatic heterocycles. The molecule has 0 saturated heterocycles. The van der Waals surface area contributed by atoms with E-state index in [0.717, 1.165) is 6.07 Å². The molecule has 0 aliphatic heterocycles. The minimum Gasteiger partial charge on any atom is -0.451 e. The van der Waals surface area contributed by atoms with Gasteiger partial charge in [0.25, 0.3) is 5.91 Å². The highest BCUT2D eigenvalue weighted by Gasteiger charge is 2.13. The number of carbonyl (C=O) groups excluding carboxylic acids is 1. The smallest absolute Gasteiger partial charge is 0.292 e. The highest BCUT2D eigenvalue weighted by molar-refractivity contribution is 6.29. The third-order valence-corrected chi connectivity index (χ3v) is 3.03. The number of halogens is 1. The van der Waals surface area contributed by atoms with Gasteiger partial charge in [-0.25, -0.2) is 4.98 Å². The molecule has 0 spiro atoms. The van der Waals surface area contributed by atoms with E-state index in [1.807, 2.05) is 0 Å². The van der Waals surface area contributed by atoms with Crippen LogP contribution in [0.25, 0.3) is 11.0 Å². The summed E-state index contributed by atoms with van der Waals surface area (Å²) < 4.78 is 5.43. The van der Waals surface area contributed by atoms with E-state index < -0.39 is 5.91 Å². The first-order valence-corrected chi connectivity index (χ1v) is 6.48. The first kappa shape index (κ1) is 13.3. The zero-order valence-electron chi connectivity index (χ0n) is 10.7. The molecule has 0 bridgehead atoms. The Morgan fingerprint density at radius 2 is 1.95 bits per heavy atom. The molecule has 1 N–H and O–H groups in total. The number of anilines is 1. The summed E-state index contributed by atoms with van der Waals surface area (Å²) in [5.41, 5.74) is 0.0789. The minimum atomic E-state index is -0.562. The van der Waals surface area contributed by atoms with E-state index >= 15 is 0 Å². The Hall–Kier alpha value is -2.66. The number of pyridine rings is 1. The molecule has 104 valence electrons. The molecule has 1 aromatic carbocycles. The minimum absolute atomic E-state index is 0.0829. The lowest BCUT2D eigenvalue weighted by Gasteiger charge is -2.04. The van der Waals surface area contributed by atoms with Crippen molar-refractivity contribution < 1.29 is 9.21 Å². The van der Waals surface area contributed by atoms with Gasteiger partial charge in [0.2, 0.25) is 0 Å². The van der Waals surface area contributed by atoms with Gasteiger partial charge < -0.3 is 9.73 Å². The lowest BCUT2D eigenvalue weighted by atomic mass is 10.2. The van der Waals surface area contributed by atoms with Gasteiger partial charge in [-0.05, 0) is 24.3 Å². The van der Waals surface area contributed by atoms with Crippen molar-refractivity contribution in [3.05, 3.63) is 69.7 Å². The van der Waals surface area contributed by atoms with Crippen LogP contribution in [0.4, 0.5) is 5.82 Å². The molecule has 3 rings (SSSR count). The standard InChI is InChI=1S/C15H9ClN2O3/c16-13-6-3-7-14(17-13)18-15(20)12-8-10(19)9-4-1-2-5-11(9)21-12/h1-8H,(H,17,18,20). The van der Waals surface area contributed by atoms with Gasteiger partial charge in [0, 0.05) is 6.07 Å². The van der Waals surface area contributed by atoms with Gasteiger partial charge in [-0.1, -0.05) is 29.8 Å². The van der Waals surface area contributed by atoms with Crippen molar-refractivity contribution in [2.45, 2.75) is 0 Å². The fourth-order valence-electron chi connectivity index (χ4n) is 1.87. The van der Waals surface area contributed by atoms with E-state index in [4.69, 9.17) is 16.0 Å². The number of rotatable bonds is 2. The number of nitrogens with zero attached hydrogens (tertiary/aromatic N) is 1. The van der Waals surface area contributed by atoms with Crippen LogP contribution in [0.2, 0.25) is 5.15 Å². The second-order valence-electron chi connectivity index (χ2n) is 4.27. The van der Waals surface area contributed by atoms with Crippen molar-refractivity contribution in [1.29, 1.82) is 0 Å². The van der Waals surface area contributed by atoms with E-state index in [0.29, 0.717) is 11.0 Å². The van der Waals surface area contributed by atoms with Crippen molar-refractivity contribution in [2.75, 3.05) is 5.32 Å². The van der Waals surface area contributed by atoms with Crippen LogP contribution in [-0.4, -0.2) is 10.9 Å². The second kappa shape index (κ2) is 5.38. The normalized spacial score (nSPS) is 10.5. The quantitative estimate of drug-likeness (QED) is 0.738. The van der Waals surface area contributed by atoms with E-state index in [1.54, 1.807) is 42.5 Å². The van der Waals surface area contributed by atoms with Crippen LogP contribution in [-0.2, 0) is 0 Å². The van der Waals surface area contributed by atoms with E-state index in [-0.39, 0.29) is 22.2 Å². The molecule has 0 saturated carbocycles. The molecule has 3 aromatic rings. The molecular formula is C15H9ClN2O3. The van der Waals surface area contributed by atoms with Gasteiger partial charge in [0.15, 0.2) is 11.2 Å². The molecule has 0 radical (unpaired) electrons. The number of para-hydroxylation sites is 1. The Balaban J connectivity index is 1.96. The van der Waals surface area contributed by atoms with Crippen LogP contribution in [0.3, 0.4) is 0 Å². The third-order valence-electron chi connectivity index (χ3n) is 2.82. The zero-order chi connectivity index (χ0) is 14.8. The Labute approximate surface area is 124 Å². The monoisotopic (exact) mass is 300 g/mol. The van der Waals surface area contributed by atoms with Crippen molar-refractivity contribution >= 4 is 34.3 Å². The first-order chi connectivity index (χ1) is 10.1. The van der Waals surface area contributed by atoms with Gasteiger partial charge >= 0.3 is 0 Å². The third kappa shape index (κ3) is 2.78. The number of amides is 1. The van der Waals surface area contributed by atoms with E-state index in [1.165, 1.54) is 0 Å². The van der Waals surface area contributed by atoms with Crippen LogP contribution in [0.15, 0.2) is 57.7 Å². The van der Waals surface area contributed by atoms with Crippen LogP contribution in [0.5, 0.6) is 0 Å². The number of hydrogen-bond acceptors (Lipinski definition) is 4. The Morgan fingerprint density at radius 3 is 2.76 bits per heavy atom. The lowest BCUT2D eigenvalue weighted by Crippen LogP contribution is -2.15. The van der Waals surface area contributed by atoms with E-state index in [2.05, 4.69) is 10.3 Å². The van der Waals surface area contributed by atoms with Crippen LogP contribution >= 0.6 is 11.6 Å². The second-order valence-corrected chi connectivity index (χ2v) is 4.66. The summed E-state index contributed by atoms with van der Waals surface area (Å²) in [4.78, 5) is 28.0. The molecule has 1 amide bonds. The molecule has 0 atom stereocenters. The maximum Gasteiger partial charge on any atom is 0.292 e. The summed E-state index contributed by atoms with van der Waals surface area (Å²) in [5.74, 6) is -0.364. The highest BCUT2D eigenvalue weighted by Crippen LogP contribution is 2.14. The Morgan fingerprint density at radius 1 is 1.14 bits per heavy atom. The molecular weight excluding hydrogens is 292 g/mol. The Bertz CT molecular complexity index is 889. The van der Waals surface area contributed by atoms with Crippen molar-refractivity contribution in [1.82, 2.24) is 4.98 Å². The molecule has 2 heterocycles. The van der Waals surface area contributed by atoms with Gasteiger partial charge in [-0.15, -0.1) is 0 Å². The predicted molar refractivity (Wildman–Crippen MR) is 79.7 cm³/mol. The fourth-order valence-corrected chi connectivity index (χ4v) is 2.04. The maximum absolute atomic E-state index is 12.1. The predicted octanol–water partition coefficient (Wildman–Crippen LogP) is 3.09. The number of aromatic nitrogens is 1. The molecule has 5 nitrogen and oxygen atoms in total. The molecule has 0 fully saturated rings. The Kier molecular flexibility index (Phi) is 3.41. The number of fused-ring (bicyclic) bond motifs is 1. The number of hydrogen-bond donors (Lipinski definition) is 1. The van der Waals surface area contributed by atoms with Crippen molar-refractivity contribution in [3.8, 4) is 0 Å². The van der Waals surface area contributed by atoms with Gasteiger partial charge in [0.05, 0.1) is 5.39 Å². The van der Waals surface area contributed by atoms with Gasteiger partial charge in [-0.2, -0.15) is 0 Å². The van der Waals surface area contributed by atoms with Crippen molar-refractivity contribution in [2.24, 2.45) is 0 Å². The SMILES string of the molecule is O=C(Nc1cccc(Cl)n1)c1cc(=O)c2ccccc2o1. The summed E-state index contributed by atoms with van der Waals surface area (Å²) in [6, 6.07) is 12.7.